The molecule has 2 amide bonds. The van der Waals surface area contributed by atoms with Crippen molar-refractivity contribution in [3.05, 3.63) is 59.8 Å². The van der Waals surface area contributed by atoms with Crippen molar-refractivity contribution in [3.8, 4) is 0 Å². The Balaban J connectivity index is 1.51. The molecule has 0 spiro atoms. The zero-order valence-corrected chi connectivity index (χ0v) is 13.8. The SMILES string of the molecule is Cc1ccc(N2CCC(NC(=O)c3n[nH]c4ccccc34)C2=O)cc1. The van der Waals surface area contributed by atoms with Crippen LogP contribution in [0.2, 0.25) is 0 Å². The Morgan fingerprint density at radius 3 is 2.76 bits per heavy atom. The average molecular weight is 334 g/mol. The predicted molar refractivity (Wildman–Crippen MR) is 95.5 cm³/mol. The topological polar surface area (TPSA) is 78.1 Å². The standard InChI is InChI=1S/C19H18N4O2/c1-12-6-8-13(9-7-12)23-11-10-16(19(23)25)20-18(24)17-14-4-2-3-5-15(14)21-22-17/h2-9,16H,10-11H2,1H3,(H,20,24)(H,21,22). The van der Waals surface area contributed by atoms with E-state index in [0.29, 0.717) is 18.7 Å². The van der Waals surface area contributed by atoms with Gasteiger partial charge in [0.2, 0.25) is 5.91 Å². The number of carbonyl (C=O) groups excluding carboxylic acids is 2. The van der Waals surface area contributed by atoms with Gasteiger partial charge in [0, 0.05) is 17.6 Å². The number of rotatable bonds is 3. The number of hydrogen-bond donors (Lipinski definition) is 2. The molecule has 0 bridgehead atoms. The number of amides is 2. The lowest BCUT2D eigenvalue weighted by atomic mass is 10.2. The van der Waals surface area contributed by atoms with Gasteiger partial charge in [0.05, 0.1) is 5.52 Å². The zero-order valence-electron chi connectivity index (χ0n) is 13.8. The number of benzene rings is 2. The number of carbonyl (C=O) groups is 2. The van der Waals surface area contributed by atoms with E-state index in [9.17, 15) is 9.59 Å². The van der Waals surface area contributed by atoms with Crippen molar-refractivity contribution in [2.45, 2.75) is 19.4 Å². The summed E-state index contributed by atoms with van der Waals surface area (Å²) in [5, 5.41) is 10.5. The molecule has 1 aliphatic heterocycles. The third-order valence-corrected chi connectivity index (χ3v) is 4.54. The van der Waals surface area contributed by atoms with Crippen LogP contribution in [0.15, 0.2) is 48.5 Å². The maximum absolute atomic E-state index is 12.6. The van der Waals surface area contributed by atoms with Gasteiger partial charge >= 0.3 is 0 Å². The molecule has 1 aliphatic rings. The van der Waals surface area contributed by atoms with Gasteiger partial charge < -0.3 is 10.2 Å². The Morgan fingerprint density at radius 1 is 1.20 bits per heavy atom. The highest BCUT2D eigenvalue weighted by atomic mass is 16.2. The van der Waals surface area contributed by atoms with Crippen LogP contribution in [-0.2, 0) is 4.79 Å². The van der Waals surface area contributed by atoms with Crippen LogP contribution in [0, 0.1) is 6.92 Å². The van der Waals surface area contributed by atoms with E-state index in [1.807, 2.05) is 55.5 Å². The first-order valence-corrected chi connectivity index (χ1v) is 8.25. The summed E-state index contributed by atoms with van der Waals surface area (Å²) >= 11 is 0. The fourth-order valence-electron chi connectivity index (χ4n) is 3.16. The van der Waals surface area contributed by atoms with Gasteiger partial charge in [-0.1, -0.05) is 35.9 Å². The summed E-state index contributed by atoms with van der Waals surface area (Å²) in [4.78, 5) is 26.9. The highest BCUT2D eigenvalue weighted by molar-refractivity contribution is 6.08. The number of para-hydroxylation sites is 1. The van der Waals surface area contributed by atoms with Gasteiger partial charge in [0.1, 0.15) is 6.04 Å². The first-order chi connectivity index (χ1) is 12.1. The summed E-state index contributed by atoms with van der Waals surface area (Å²) in [6, 6.07) is 14.7. The van der Waals surface area contributed by atoms with Gasteiger partial charge in [-0.2, -0.15) is 5.10 Å². The van der Waals surface area contributed by atoms with Crippen LogP contribution in [0.5, 0.6) is 0 Å². The summed E-state index contributed by atoms with van der Waals surface area (Å²) in [6.07, 6.45) is 0.584. The average Bonchev–Trinajstić information content (AvgIpc) is 3.20. The van der Waals surface area contributed by atoms with Crippen molar-refractivity contribution in [1.82, 2.24) is 15.5 Å². The van der Waals surface area contributed by atoms with Crippen molar-refractivity contribution < 1.29 is 9.59 Å². The fraction of sp³-hybridized carbons (Fsp3) is 0.211. The van der Waals surface area contributed by atoms with E-state index in [-0.39, 0.29) is 11.8 Å². The first kappa shape index (κ1) is 15.4. The minimum Gasteiger partial charge on any atom is -0.339 e. The van der Waals surface area contributed by atoms with Gasteiger partial charge in [0.15, 0.2) is 5.69 Å². The summed E-state index contributed by atoms with van der Waals surface area (Å²) in [7, 11) is 0. The molecule has 1 saturated heterocycles. The lowest BCUT2D eigenvalue weighted by molar-refractivity contribution is -0.118. The lowest BCUT2D eigenvalue weighted by Crippen LogP contribution is -2.41. The third kappa shape index (κ3) is 2.76. The van der Waals surface area contributed by atoms with Gasteiger partial charge in [-0.3, -0.25) is 14.7 Å². The normalized spacial score (nSPS) is 17.2. The highest BCUT2D eigenvalue weighted by Crippen LogP contribution is 2.22. The van der Waals surface area contributed by atoms with Crippen LogP contribution in [0.1, 0.15) is 22.5 Å². The van der Waals surface area contributed by atoms with E-state index in [2.05, 4.69) is 15.5 Å². The molecule has 6 heteroatoms. The van der Waals surface area contributed by atoms with Crippen molar-refractivity contribution in [3.63, 3.8) is 0 Å². The van der Waals surface area contributed by atoms with E-state index in [1.165, 1.54) is 0 Å². The summed E-state index contributed by atoms with van der Waals surface area (Å²) in [5.41, 5.74) is 3.12. The molecule has 1 atom stereocenters. The first-order valence-electron chi connectivity index (χ1n) is 8.25. The lowest BCUT2D eigenvalue weighted by Gasteiger charge is -2.17. The maximum atomic E-state index is 12.6. The number of aromatic nitrogens is 2. The quantitative estimate of drug-likeness (QED) is 0.772. The van der Waals surface area contributed by atoms with E-state index in [1.54, 1.807) is 4.90 Å². The monoisotopic (exact) mass is 334 g/mol. The molecular formula is C19H18N4O2. The number of aromatic amines is 1. The smallest absolute Gasteiger partial charge is 0.273 e. The van der Waals surface area contributed by atoms with Crippen molar-refractivity contribution >= 4 is 28.4 Å². The molecule has 2 N–H and O–H groups in total. The molecule has 0 aliphatic carbocycles. The number of anilines is 1. The highest BCUT2D eigenvalue weighted by Gasteiger charge is 2.34. The second-order valence-electron chi connectivity index (χ2n) is 6.26. The summed E-state index contributed by atoms with van der Waals surface area (Å²) < 4.78 is 0. The van der Waals surface area contributed by atoms with E-state index >= 15 is 0 Å². The number of H-pyrrole nitrogens is 1. The van der Waals surface area contributed by atoms with E-state index in [0.717, 1.165) is 22.2 Å². The number of hydrogen-bond acceptors (Lipinski definition) is 3. The largest absolute Gasteiger partial charge is 0.339 e. The van der Waals surface area contributed by atoms with Crippen LogP contribution in [0.4, 0.5) is 5.69 Å². The zero-order chi connectivity index (χ0) is 17.4. The van der Waals surface area contributed by atoms with Crippen LogP contribution in [0.3, 0.4) is 0 Å². The molecule has 1 aromatic heterocycles. The minimum atomic E-state index is -0.524. The van der Waals surface area contributed by atoms with Crippen molar-refractivity contribution in [2.24, 2.45) is 0 Å². The maximum Gasteiger partial charge on any atom is 0.273 e. The number of aryl methyl sites for hydroxylation is 1. The molecule has 0 radical (unpaired) electrons. The molecule has 126 valence electrons. The number of nitrogens with zero attached hydrogens (tertiary/aromatic N) is 2. The summed E-state index contributed by atoms with van der Waals surface area (Å²) in [6.45, 7) is 2.60. The Labute approximate surface area is 144 Å². The number of nitrogens with one attached hydrogen (secondary N) is 2. The van der Waals surface area contributed by atoms with Crippen LogP contribution in [0.25, 0.3) is 10.9 Å². The van der Waals surface area contributed by atoms with Crippen molar-refractivity contribution in [2.75, 3.05) is 11.4 Å². The van der Waals surface area contributed by atoms with E-state index < -0.39 is 6.04 Å². The van der Waals surface area contributed by atoms with Crippen LogP contribution < -0.4 is 10.2 Å². The minimum absolute atomic E-state index is 0.0861. The molecule has 1 fully saturated rings. The van der Waals surface area contributed by atoms with Gasteiger partial charge in [-0.05, 0) is 31.5 Å². The Kier molecular flexibility index (Phi) is 3.72. The molecular weight excluding hydrogens is 316 g/mol. The molecule has 2 heterocycles. The molecule has 6 nitrogen and oxygen atoms in total. The molecule has 3 aromatic rings. The molecule has 1 unspecified atom stereocenters. The fourth-order valence-corrected chi connectivity index (χ4v) is 3.16. The Morgan fingerprint density at radius 2 is 1.96 bits per heavy atom. The second kappa shape index (κ2) is 6.05. The van der Waals surface area contributed by atoms with E-state index in [4.69, 9.17) is 0 Å². The molecule has 25 heavy (non-hydrogen) atoms. The number of fused-ring (bicyclic) bond motifs is 1. The Hall–Kier alpha value is -3.15. The Bertz CT molecular complexity index is 945. The van der Waals surface area contributed by atoms with Crippen molar-refractivity contribution in [1.29, 1.82) is 0 Å². The van der Waals surface area contributed by atoms with Crippen LogP contribution >= 0.6 is 0 Å². The van der Waals surface area contributed by atoms with Crippen LogP contribution in [-0.4, -0.2) is 34.6 Å². The molecule has 4 rings (SSSR count). The third-order valence-electron chi connectivity index (χ3n) is 4.54. The van der Waals surface area contributed by atoms with Gasteiger partial charge in [0.25, 0.3) is 5.91 Å². The summed E-state index contributed by atoms with van der Waals surface area (Å²) in [5.74, 6) is -0.418. The second-order valence-corrected chi connectivity index (χ2v) is 6.26. The molecule has 2 aromatic carbocycles. The molecule has 0 saturated carbocycles. The predicted octanol–water partition coefficient (Wildman–Crippen LogP) is 2.41. The van der Waals surface area contributed by atoms with Gasteiger partial charge in [-0.25, -0.2) is 0 Å². The van der Waals surface area contributed by atoms with Gasteiger partial charge in [-0.15, -0.1) is 0 Å².